The Hall–Kier alpha value is -2.65. The van der Waals surface area contributed by atoms with Gasteiger partial charge in [-0.1, -0.05) is 37.3 Å². The third kappa shape index (κ3) is 5.69. The second kappa shape index (κ2) is 11.2. The molecule has 1 N–H and O–H groups in total. The number of alkyl halides is 3. The van der Waals surface area contributed by atoms with Gasteiger partial charge in [-0.2, -0.15) is 13.2 Å². The van der Waals surface area contributed by atoms with Gasteiger partial charge in [-0.25, -0.2) is 9.97 Å². The molecule has 38 heavy (non-hydrogen) atoms. The van der Waals surface area contributed by atoms with E-state index >= 15 is 0 Å². The maximum Gasteiger partial charge on any atom is 0.395 e. The fraction of sp³-hybridized carbons (Fsp3) is 0.586. The second-order valence-corrected chi connectivity index (χ2v) is 11.1. The van der Waals surface area contributed by atoms with Gasteiger partial charge in [0.1, 0.15) is 0 Å². The third-order valence-corrected chi connectivity index (χ3v) is 8.69. The maximum atomic E-state index is 13.5. The molecule has 3 heterocycles. The molecular formula is C29H37F3N4O2. The normalized spacial score (nSPS) is 22.3. The van der Waals surface area contributed by atoms with E-state index in [1.54, 1.807) is 12.4 Å². The number of hydrogen-bond acceptors (Lipinski definition) is 6. The highest BCUT2D eigenvalue weighted by atomic mass is 19.4. The Morgan fingerprint density at radius 1 is 1.03 bits per heavy atom. The number of ether oxygens (including phenoxy) is 1. The minimum absolute atomic E-state index is 0.132. The molecule has 2 saturated heterocycles. The fourth-order valence-electron chi connectivity index (χ4n) is 6.00. The number of likely N-dealkylation sites (tertiary alicyclic amines) is 2. The van der Waals surface area contributed by atoms with Gasteiger partial charge in [0, 0.05) is 24.4 Å². The van der Waals surface area contributed by atoms with E-state index in [1.807, 2.05) is 29.2 Å². The average Bonchev–Trinajstić information content (AvgIpc) is 3.38. The van der Waals surface area contributed by atoms with Crippen molar-refractivity contribution in [1.82, 2.24) is 19.8 Å². The zero-order chi connectivity index (χ0) is 26.8. The van der Waals surface area contributed by atoms with Gasteiger partial charge in [-0.05, 0) is 63.1 Å². The number of aliphatic hydroxyl groups excluding tert-OH is 1. The molecule has 0 spiro atoms. The summed E-state index contributed by atoms with van der Waals surface area (Å²) in [4.78, 5) is 13.1. The molecule has 0 radical (unpaired) electrons. The van der Waals surface area contributed by atoms with Crippen LogP contribution in [0.2, 0.25) is 0 Å². The lowest BCUT2D eigenvalue weighted by Gasteiger charge is -2.47. The SMILES string of the molecule is C=C(c1ccc(-c2cnc(OCC3CCN(CC4(C(F)(F)F)CCC4)CC3)cn2)cc1)N1CCCC1CO. The Balaban J connectivity index is 1.09. The molecule has 0 bridgehead atoms. The monoisotopic (exact) mass is 530 g/mol. The van der Waals surface area contributed by atoms with Gasteiger partial charge in [0.2, 0.25) is 5.88 Å². The molecule has 9 heteroatoms. The zero-order valence-corrected chi connectivity index (χ0v) is 21.8. The number of aromatic nitrogens is 2. The van der Waals surface area contributed by atoms with Gasteiger partial charge in [-0.15, -0.1) is 0 Å². The zero-order valence-electron chi connectivity index (χ0n) is 21.8. The summed E-state index contributed by atoms with van der Waals surface area (Å²) in [6.45, 7) is 7.27. The minimum Gasteiger partial charge on any atom is -0.476 e. The number of rotatable bonds is 9. The van der Waals surface area contributed by atoms with Gasteiger partial charge < -0.3 is 19.6 Å². The van der Waals surface area contributed by atoms with Crippen LogP contribution in [0, 0.1) is 11.3 Å². The van der Waals surface area contributed by atoms with Crippen molar-refractivity contribution < 1.29 is 23.0 Å². The van der Waals surface area contributed by atoms with E-state index in [-0.39, 0.29) is 32.0 Å². The number of halogens is 3. The first-order valence-electron chi connectivity index (χ1n) is 13.7. The summed E-state index contributed by atoms with van der Waals surface area (Å²) < 4.78 is 46.4. The average molecular weight is 531 g/mol. The molecule has 1 aromatic heterocycles. The van der Waals surface area contributed by atoms with Crippen LogP contribution in [0.4, 0.5) is 13.2 Å². The van der Waals surface area contributed by atoms with Crippen LogP contribution in [0.1, 0.15) is 50.5 Å². The second-order valence-electron chi connectivity index (χ2n) is 11.1. The molecule has 1 aromatic carbocycles. The van der Waals surface area contributed by atoms with Crippen LogP contribution in [0.5, 0.6) is 5.88 Å². The van der Waals surface area contributed by atoms with Crippen molar-refractivity contribution in [2.45, 2.75) is 57.2 Å². The number of benzene rings is 1. The van der Waals surface area contributed by atoms with Gasteiger partial charge in [-0.3, -0.25) is 0 Å². The Kier molecular flexibility index (Phi) is 7.95. The lowest BCUT2D eigenvalue weighted by atomic mass is 9.67. The smallest absolute Gasteiger partial charge is 0.395 e. The summed E-state index contributed by atoms with van der Waals surface area (Å²) in [5.74, 6) is 0.758. The lowest BCUT2D eigenvalue weighted by Crippen LogP contribution is -2.53. The van der Waals surface area contributed by atoms with Crippen molar-refractivity contribution in [2.24, 2.45) is 11.3 Å². The third-order valence-electron chi connectivity index (χ3n) is 8.69. The van der Waals surface area contributed by atoms with Crippen LogP contribution in [-0.2, 0) is 0 Å². The molecular weight excluding hydrogens is 493 g/mol. The largest absolute Gasteiger partial charge is 0.476 e. The van der Waals surface area contributed by atoms with Crippen LogP contribution in [0.25, 0.3) is 17.0 Å². The van der Waals surface area contributed by atoms with E-state index in [0.29, 0.717) is 37.9 Å². The Morgan fingerprint density at radius 2 is 1.76 bits per heavy atom. The van der Waals surface area contributed by atoms with E-state index in [9.17, 15) is 18.3 Å². The van der Waals surface area contributed by atoms with Gasteiger partial charge in [0.05, 0.1) is 42.8 Å². The van der Waals surface area contributed by atoms with Gasteiger partial charge >= 0.3 is 6.18 Å². The molecule has 2 aromatic rings. The number of hydrogen-bond donors (Lipinski definition) is 1. The first kappa shape index (κ1) is 26.9. The summed E-state index contributed by atoms with van der Waals surface area (Å²) in [6.07, 6.45) is 4.11. The predicted octanol–water partition coefficient (Wildman–Crippen LogP) is 5.39. The molecule has 6 nitrogen and oxygen atoms in total. The summed E-state index contributed by atoms with van der Waals surface area (Å²) in [5.41, 5.74) is 2.15. The Morgan fingerprint density at radius 3 is 2.34 bits per heavy atom. The van der Waals surface area contributed by atoms with Crippen LogP contribution in [-0.4, -0.2) is 76.5 Å². The summed E-state index contributed by atoms with van der Waals surface area (Å²) >= 11 is 0. The first-order valence-corrected chi connectivity index (χ1v) is 13.7. The minimum atomic E-state index is -4.11. The highest BCUT2D eigenvalue weighted by molar-refractivity contribution is 5.67. The van der Waals surface area contributed by atoms with Gasteiger partial charge in [0.25, 0.3) is 0 Å². The van der Waals surface area contributed by atoms with E-state index in [0.717, 1.165) is 54.7 Å². The van der Waals surface area contributed by atoms with E-state index < -0.39 is 11.6 Å². The maximum absolute atomic E-state index is 13.5. The molecule has 1 aliphatic carbocycles. The molecule has 1 atom stereocenters. The first-order chi connectivity index (χ1) is 18.3. The summed E-state index contributed by atoms with van der Waals surface area (Å²) in [7, 11) is 0. The molecule has 5 rings (SSSR count). The van der Waals surface area contributed by atoms with Crippen molar-refractivity contribution in [2.75, 3.05) is 39.4 Å². The highest BCUT2D eigenvalue weighted by Crippen LogP contribution is 2.53. The van der Waals surface area contributed by atoms with Crippen LogP contribution < -0.4 is 4.74 Å². The predicted molar refractivity (Wildman–Crippen MR) is 140 cm³/mol. The molecule has 206 valence electrons. The summed E-state index contributed by atoms with van der Waals surface area (Å²) in [6, 6.07) is 8.17. The van der Waals surface area contributed by atoms with Gasteiger partial charge in [0.15, 0.2) is 0 Å². The van der Waals surface area contributed by atoms with Crippen LogP contribution in [0.3, 0.4) is 0 Å². The van der Waals surface area contributed by atoms with Crippen LogP contribution in [0.15, 0.2) is 43.2 Å². The molecule has 2 aliphatic heterocycles. The molecule has 3 aliphatic rings. The van der Waals surface area contributed by atoms with E-state index in [2.05, 4.69) is 21.4 Å². The van der Waals surface area contributed by atoms with Crippen molar-refractivity contribution in [3.63, 3.8) is 0 Å². The van der Waals surface area contributed by atoms with Crippen molar-refractivity contribution in [3.8, 4) is 17.1 Å². The molecule has 1 saturated carbocycles. The molecule has 0 amide bonds. The lowest BCUT2D eigenvalue weighted by molar-refractivity contribution is -0.256. The topological polar surface area (TPSA) is 61.7 Å². The Labute approximate surface area is 222 Å². The Bertz CT molecular complexity index is 1080. The van der Waals surface area contributed by atoms with Crippen molar-refractivity contribution in [3.05, 3.63) is 48.8 Å². The number of piperidine rings is 1. The van der Waals surface area contributed by atoms with Crippen LogP contribution >= 0.6 is 0 Å². The summed E-state index contributed by atoms with van der Waals surface area (Å²) in [5, 5.41) is 9.60. The number of aliphatic hydroxyl groups is 1. The molecule has 1 unspecified atom stereocenters. The van der Waals surface area contributed by atoms with Crippen molar-refractivity contribution >= 4 is 5.70 Å². The van der Waals surface area contributed by atoms with E-state index in [1.165, 1.54) is 0 Å². The van der Waals surface area contributed by atoms with Crippen molar-refractivity contribution in [1.29, 1.82) is 0 Å². The quantitative estimate of drug-likeness (QED) is 0.469. The molecule has 3 fully saturated rings. The standard InChI is InChI=1S/C29H37F3N4O2/c1-21(36-13-2-4-25(36)18-37)23-5-7-24(8-6-23)26-16-34-27(17-33-26)38-19-22-9-14-35(15-10-22)20-28(11-3-12-28)29(30,31)32/h5-8,16-17,22,25,37H,1-4,9-15,18-20H2. The highest BCUT2D eigenvalue weighted by Gasteiger charge is 2.58. The van der Waals surface area contributed by atoms with E-state index in [4.69, 9.17) is 4.74 Å². The fourth-order valence-corrected chi connectivity index (χ4v) is 6.00. The number of nitrogens with zero attached hydrogens (tertiary/aromatic N) is 4.